The summed E-state index contributed by atoms with van der Waals surface area (Å²) < 4.78 is 5.58. The third kappa shape index (κ3) is 6.38. The van der Waals surface area contributed by atoms with Gasteiger partial charge in [-0.15, -0.1) is 24.0 Å². The summed E-state index contributed by atoms with van der Waals surface area (Å²) in [6, 6.07) is 18.8. The highest BCUT2D eigenvalue weighted by molar-refractivity contribution is 14.0. The highest BCUT2D eigenvalue weighted by Gasteiger charge is 2.25. The minimum atomic E-state index is 0. The Bertz CT molecular complexity index is 732. The average Bonchev–Trinajstić information content (AvgIpc) is 3.24. The predicted molar refractivity (Wildman–Crippen MR) is 127 cm³/mol. The first-order valence-electron chi connectivity index (χ1n) is 9.72. The van der Waals surface area contributed by atoms with Gasteiger partial charge in [0, 0.05) is 12.1 Å². The number of benzene rings is 2. The number of likely N-dealkylation sites (tertiary alicyclic amines) is 1. The molecular formula is C22H31IN4O. The average molecular weight is 494 g/mol. The number of hydrogen-bond acceptors (Lipinski definition) is 3. The van der Waals surface area contributed by atoms with Crippen molar-refractivity contribution in [3.8, 4) is 5.75 Å². The van der Waals surface area contributed by atoms with Crippen molar-refractivity contribution in [2.75, 3.05) is 33.3 Å². The normalized spacial score (nSPS) is 15.7. The molecule has 2 aromatic carbocycles. The van der Waals surface area contributed by atoms with Crippen molar-refractivity contribution in [1.82, 2.24) is 10.2 Å². The third-order valence-electron chi connectivity index (χ3n) is 5.08. The number of guanidine groups is 1. The summed E-state index contributed by atoms with van der Waals surface area (Å²) in [5, 5.41) is 3.24. The molecule has 0 amide bonds. The Labute approximate surface area is 185 Å². The van der Waals surface area contributed by atoms with Crippen LogP contribution in [0.5, 0.6) is 5.75 Å². The maximum Gasteiger partial charge on any atom is 0.188 e. The summed E-state index contributed by atoms with van der Waals surface area (Å²) in [6.07, 6.45) is 3.40. The van der Waals surface area contributed by atoms with E-state index in [1.54, 1.807) is 7.11 Å². The van der Waals surface area contributed by atoms with Crippen molar-refractivity contribution in [1.29, 1.82) is 0 Å². The van der Waals surface area contributed by atoms with E-state index in [0.717, 1.165) is 31.8 Å². The third-order valence-corrected chi connectivity index (χ3v) is 5.08. The molecule has 2 aromatic rings. The Balaban J connectivity index is 0.00000280. The fourth-order valence-electron chi connectivity index (χ4n) is 3.63. The summed E-state index contributed by atoms with van der Waals surface area (Å²) >= 11 is 0. The van der Waals surface area contributed by atoms with Gasteiger partial charge in [-0.1, -0.05) is 48.5 Å². The summed E-state index contributed by atoms with van der Waals surface area (Å²) in [7, 11) is 1.72. The van der Waals surface area contributed by atoms with Crippen molar-refractivity contribution in [3.05, 3.63) is 65.7 Å². The molecule has 1 heterocycles. The van der Waals surface area contributed by atoms with Crippen molar-refractivity contribution in [3.63, 3.8) is 0 Å². The fourth-order valence-corrected chi connectivity index (χ4v) is 3.63. The number of aliphatic imine (C=N–C) groups is 1. The molecule has 5 nitrogen and oxygen atoms in total. The molecule has 1 fully saturated rings. The molecule has 0 radical (unpaired) electrons. The molecular weight excluding hydrogens is 463 g/mol. The number of para-hydroxylation sites is 1. The minimum Gasteiger partial charge on any atom is -0.496 e. The lowest BCUT2D eigenvalue weighted by Crippen LogP contribution is -2.35. The van der Waals surface area contributed by atoms with Gasteiger partial charge in [-0.05, 0) is 44.0 Å². The first-order valence-corrected chi connectivity index (χ1v) is 9.72. The monoisotopic (exact) mass is 494 g/mol. The van der Waals surface area contributed by atoms with E-state index in [4.69, 9.17) is 10.5 Å². The molecule has 1 atom stereocenters. The van der Waals surface area contributed by atoms with E-state index in [2.05, 4.69) is 51.6 Å². The Morgan fingerprint density at radius 2 is 1.79 bits per heavy atom. The van der Waals surface area contributed by atoms with Crippen LogP contribution < -0.4 is 15.8 Å². The fraction of sp³-hybridized carbons (Fsp3) is 0.409. The van der Waals surface area contributed by atoms with Gasteiger partial charge in [-0.3, -0.25) is 9.89 Å². The number of ether oxygens (including phenoxy) is 1. The number of halogens is 1. The van der Waals surface area contributed by atoms with E-state index in [9.17, 15) is 0 Å². The molecule has 0 spiro atoms. The number of nitrogens with zero attached hydrogens (tertiary/aromatic N) is 2. The van der Waals surface area contributed by atoms with Crippen LogP contribution in [0.2, 0.25) is 0 Å². The standard InChI is InChI=1S/C22H30N4O.HI/c1-27-21-12-6-5-11-19(21)20(26-15-7-8-16-26)17-25-22(23)24-14-13-18-9-3-2-4-10-18;/h2-6,9-12,20H,7-8,13-17H2,1H3,(H3,23,24,25);1H. The van der Waals surface area contributed by atoms with Gasteiger partial charge >= 0.3 is 0 Å². The zero-order valence-electron chi connectivity index (χ0n) is 16.5. The minimum absolute atomic E-state index is 0. The zero-order valence-corrected chi connectivity index (χ0v) is 18.8. The smallest absolute Gasteiger partial charge is 0.188 e. The van der Waals surface area contributed by atoms with Crippen molar-refractivity contribution >= 4 is 29.9 Å². The molecule has 152 valence electrons. The lowest BCUT2D eigenvalue weighted by molar-refractivity contribution is 0.245. The van der Waals surface area contributed by atoms with Gasteiger partial charge in [0.05, 0.1) is 19.7 Å². The van der Waals surface area contributed by atoms with Crippen molar-refractivity contribution < 1.29 is 4.74 Å². The van der Waals surface area contributed by atoms with E-state index >= 15 is 0 Å². The van der Waals surface area contributed by atoms with Crippen molar-refractivity contribution in [2.45, 2.75) is 25.3 Å². The molecule has 28 heavy (non-hydrogen) atoms. The van der Waals surface area contributed by atoms with Crippen LogP contribution in [-0.2, 0) is 6.42 Å². The van der Waals surface area contributed by atoms with Gasteiger partial charge < -0.3 is 15.8 Å². The van der Waals surface area contributed by atoms with Gasteiger partial charge in [0.15, 0.2) is 5.96 Å². The molecule has 3 N–H and O–H groups in total. The molecule has 0 saturated carbocycles. The van der Waals surface area contributed by atoms with E-state index in [1.807, 2.05) is 18.2 Å². The van der Waals surface area contributed by atoms with Crippen LogP contribution in [-0.4, -0.2) is 44.1 Å². The van der Waals surface area contributed by atoms with Gasteiger partial charge in [-0.25, -0.2) is 0 Å². The molecule has 0 aromatic heterocycles. The second-order valence-corrected chi connectivity index (χ2v) is 6.89. The summed E-state index contributed by atoms with van der Waals surface area (Å²) in [5.41, 5.74) is 8.60. The Hall–Kier alpha value is -1.80. The van der Waals surface area contributed by atoms with Crippen LogP contribution in [0.3, 0.4) is 0 Å². The zero-order chi connectivity index (χ0) is 18.9. The first kappa shape index (κ1) is 22.5. The van der Waals surface area contributed by atoms with Crippen molar-refractivity contribution in [2.24, 2.45) is 10.7 Å². The van der Waals surface area contributed by atoms with Crippen LogP contribution in [0.4, 0.5) is 0 Å². The Morgan fingerprint density at radius 1 is 1.11 bits per heavy atom. The molecule has 1 saturated heterocycles. The largest absolute Gasteiger partial charge is 0.496 e. The topological polar surface area (TPSA) is 62.9 Å². The van der Waals surface area contributed by atoms with Gasteiger partial charge in [0.1, 0.15) is 5.75 Å². The highest BCUT2D eigenvalue weighted by Crippen LogP contribution is 2.31. The van der Waals surface area contributed by atoms with Crippen LogP contribution in [0.25, 0.3) is 0 Å². The maximum atomic E-state index is 6.12. The first-order chi connectivity index (χ1) is 13.3. The molecule has 3 rings (SSSR count). The van der Waals surface area contributed by atoms with Crippen LogP contribution >= 0.6 is 24.0 Å². The van der Waals surface area contributed by atoms with Gasteiger partial charge in [0.2, 0.25) is 0 Å². The number of nitrogens with one attached hydrogen (secondary N) is 1. The van der Waals surface area contributed by atoms with Gasteiger partial charge in [0.25, 0.3) is 0 Å². The molecule has 1 unspecified atom stereocenters. The number of hydrogen-bond donors (Lipinski definition) is 2. The van der Waals surface area contributed by atoms with Gasteiger partial charge in [-0.2, -0.15) is 0 Å². The molecule has 1 aliphatic heterocycles. The lowest BCUT2D eigenvalue weighted by Gasteiger charge is -2.28. The summed E-state index contributed by atoms with van der Waals surface area (Å²) in [4.78, 5) is 7.12. The van der Waals surface area contributed by atoms with E-state index < -0.39 is 0 Å². The van der Waals surface area contributed by atoms with Crippen LogP contribution in [0.15, 0.2) is 59.6 Å². The molecule has 0 bridgehead atoms. The van der Waals surface area contributed by atoms with Crippen LogP contribution in [0.1, 0.15) is 30.0 Å². The van der Waals surface area contributed by atoms with E-state index in [1.165, 1.54) is 24.0 Å². The quantitative estimate of drug-likeness (QED) is 0.335. The number of rotatable bonds is 8. The summed E-state index contributed by atoms with van der Waals surface area (Å²) in [6.45, 7) is 3.60. The SMILES string of the molecule is COc1ccccc1C(CN=C(N)NCCc1ccccc1)N1CCCC1.I. The summed E-state index contributed by atoms with van der Waals surface area (Å²) in [5.74, 6) is 1.42. The predicted octanol–water partition coefficient (Wildman–Crippen LogP) is 3.60. The number of methoxy groups -OCH3 is 1. The molecule has 0 aliphatic carbocycles. The lowest BCUT2D eigenvalue weighted by atomic mass is 10.0. The van der Waals surface area contributed by atoms with E-state index in [0.29, 0.717) is 12.5 Å². The highest BCUT2D eigenvalue weighted by atomic mass is 127. The number of nitrogens with two attached hydrogens (primary N) is 1. The second-order valence-electron chi connectivity index (χ2n) is 6.89. The second kappa shape index (κ2) is 11.9. The molecule has 1 aliphatic rings. The van der Waals surface area contributed by atoms with Crippen LogP contribution in [0, 0.1) is 0 Å². The molecule has 6 heteroatoms. The Morgan fingerprint density at radius 3 is 2.50 bits per heavy atom. The van der Waals surface area contributed by atoms with E-state index in [-0.39, 0.29) is 30.0 Å². The maximum absolute atomic E-state index is 6.12. The Kier molecular flexibility index (Phi) is 9.57.